The molecule has 1 N–H and O–H groups in total. The number of aromatic nitrogens is 1. The third-order valence-corrected chi connectivity index (χ3v) is 4.61. The van der Waals surface area contributed by atoms with Crippen molar-refractivity contribution < 1.29 is 14.2 Å². The number of hydrogen-bond donors (Lipinski definition) is 1. The summed E-state index contributed by atoms with van der Waals surface area (Å²) in [5.74, 6) is 1.64. The lowest BCUT2D eigenvalue weighted by Gasteiger charge is -2.34. The number of piperidine rings is 1. The molecular formula is C21H37IN4O3. The van der Waals surface area contributed by atoms with Crippen molar-refractivity contribution >= 4 is 29.9 Å². The molecule has 1 fully saturated rings. The average molecular weight is 520 g/mol. The molecule has 0 aromatic carbocycles. The van der Waals surface area contributed by atoms with Gasteiger partial charge < -0.3 is 24.4 Å². The van der Waals surface area contributed by atoms with E-state index in [0.717, 1.165) is 70.1 Å². The fourth-order valence-electron chi connectivity index (χ4n) is 3.15. The summed E-state index contributed by atoms with van der Waals surface area (Å²) in [5.41, 5.74) is 1.02. The van der Waals surface area contributed by atoms with E-state index in [1.54, 1.807) is 13.3 Å². The third kappa shape index (κ3) is 9.48. The zero-order valence-electron chi connectivity index (χ0n) is 18.1. The first-order chi connectivity index (χ1) is 13.8. The van der Waals surface area contributed by atoms with Crippen molar-refractivity contribution in [3.05, 3.63) is 23.9 Å². The van der Waals surface area contributed by atoms with Gasteiger partial charge in [-0.15, -0.1) is 24.0 Å². The van der Waals surface area contributed by atoms with E-state index in [-0.39, 0.29) is 24.0 Å². The number of nitrogens with zero attached hydrogens (tertiary/aromatic N) is 3. The van der Waals surface area contributed by atoms with Crippen LogP contribution in [0, 0.1) is 0 Å². The summed E-state index contributed by atoms with van der Waals surface area (Å²) < 4.78 is 16.8. The minimum absolute atomic E-state index is 0. The van der Waals surface area contributed by atoms with Gasteiger partial charge in [-0.3, -0.25) is 0 Å². The van der Waals surface area contributed by atoms with Gasteiger partial charge in [0.25, 0.3) is 0 Å². The molecule has 1 aliphatic rings. The molecule has 0 amide bonds. The number of pyridine rings is 1. The van der Waals surface area contributed by atoms with Crippen LogP contribution in [-0.4, -0.2) is 68.5 Å². The Hall–Kier alpha value is -1.13. The van der Waals surface area contributed by atoms with Crippen molar-refractivity contribution in [2.24, 2.45) is 4.99 Å². The van der Waals surface area contributed by atoms with E-state index in [0.29, 0.717) is 25.1 Å². The molecule has 2 heterocycles. The number of rotatable bonds is 11. The molecule has 7 nitrogen and oxygen atoms in total. The van der Waals surface area contributed by atoms with Crippen LogP contribution in [0.5, 0.6) is 5.88 Å². The van der Waals surface area contributed by atoms with E-state index in [4.69, 9.17) is 19.2 Å². The quantitative estimate of drug-likeness (QED) is 0.209. The van der Waals surface area contributed by atoms with Gasteiger partial charge in [-0.05, 0) is 38.7 Å². The van der Waals surface area contributed by atoms with Crippen molar-refractivity contribution in [2.45, 2.75) is 52.2 Å². The number of guanidine groups is 1. The Bertz CT molecular complexity index is 581. The molecule has 8 heteroatoms. The van der Waals surface area contributed by atoms with Gasteiger partial charge in [-0.25, -0.2) is 9.98 Å². The van der Waals surface area contributed by atoms with E-state index < -0.39 is 0 Å². The van der Waals surface area contributed by atoms with E-state index in [2.05, 4.69) is 29.0 Å². The predicted molar refractivity (Wildman–Crippen MR) is 127 cm³/mol. The van der Waals surface area contributed by atoms with E-state index >= 15 is 0 Å². The smallest absolute Gasteiger partial charge is 0.218 e. The molecule has 0 aliphatic carbocycles. The van der Waals surface area contributed by atoms with Crippen LogP contribution in [0.3, 0.4) is 0 Å². The maximum absolute atomic E-state index is 5.96. The molecule has 2 rings (SSSR count). The van der Waals surface area contributed by atoms with Crippen molar-refractivity contribution in [2.75, 3.05) is 46.6 Å². The second-order valence-electron chi connectivity index (χ2n) is 6.89. The molecule has 166 valence electrons. The monoisotopic (exact) mass is 520 g/mol. The number of nitrogens with one attached hydrogen (secondary N) is 1. The van der Waals surface area contributed by atoms with Crippen LogP contribution in [-0.2, 0) is 16.0 Å². The maximum Gasteiger partial charge on any atom is 0.218 e. The van der Waals surface area contributed by atoms with Crippen molar-refractivity contribution in [1.29, 1.82) is 0 Å². The van der Waals surface area contributed by atoms with E-state index in [1.165, 1.54) is 0 Å². The second-order valence-corrected chi connectivity index (χ2v) is 6.89. The Morgan fingerprint density at radius 3 is 2.72 bits per heavy atom. The number of likely N-dealkylation sites (tertiary alicyclic amines) is 1. The first-order valence-electron chi connectivity index (χ1n) is 10.5. The molecule has 0 radical (unpaired) electrons. The zero-order chi connectivity index (χ0) is 20.0. The van der Waals surface area contributed by atoms with Crippen LogP contribution >= 0.6 is 24.0 Å². The molecule has 1 aromatic rings. The van der Waals surface area contributed by atoms with Crippen LogP contribution in [0.15, 0.2) is 23.3 Å². The maximum atomic E-state index is 5.96. The zero-order valence-corrected chi connectivity index (χ0v) is 20.4. The molecule has 0 atom stereocenters. The Kier molecular flexibility index (Phi) is 14.0. The summed E-state index contributed by atoms with van der Waals surface area (Å²) in [6.45, 7) is 9.70. The van der Waals surface area contributed by atoms with Crippen molar-refractivity contribution in [1.82, 2.24) is 15.2 Å². The summed E-state index contributed by atoms with van der Waals surface area (Å²) in [6.07, 6.45) is 6.06. The van der Waals surface area contributed by atoms with Crippen LogP contribution in [0.1, 0.15) is 45.1 Å². The third-order valence-electron chi connectivity index (χ3n) is 4.61. The molecule has 1 aliphatic heterocycles. The van der Waals surface area contributed by atoms with Gasteiger partial charge in [-0.2, -0.15) is 0 Å². The van der Waals surface area contributed by atoms with E-state index in [1.807, 2.05) is 12.1 Å². The fraction of sp³-hybridized carbons (Fsp3) is 0.714. The van der Waals surface area contributed by atoms with Crippen LogP contribution in [0.4, 0.5) is 0 Å². The molecule has 29 heavy (non-hydrogen) atoms. The van der Waals surface area contributed by atoms with Gasteiger partial charge in [0.2, 0.25) is 5.88 Å². The average Bonchev–Trinajstić information content (AvgIpc) is 2.74. The van der Waals surface area contributed by atoms with Gasteiger partial charge in [0.1, 0.15) is 0 Å². The lowest BCUT2D eigenvalue weighted by Crippen LogP contribution is -2.47. The fourth-order valence-corrected chi connectivity index (χ4v) is 3.15. The molecule has 1 aromatic heterocycles. The number of methoxy groups -OCH3 is 1. The highest BCUT2D eigenvalue weighted by molar-refractivity contribution is 14.0. The van der Waals surface area contributed by atoms with Gasteiger partial charge >= 0.3 is 0 Å². The van der Waals surface area contributed by atoms with Gasteiger partial charge in [0, 0.05) is 51.7 Å². The molecular weight excluding hydrogens is 483 g/mol. The van der Waals surface area contributed by atoms with Crippen LogP contribution in [0.25, 0.3) is 0 Å². The van der Waals surface area contributed by atoms with Crippen molar-refractivity contribution in [3.8, 4) is 5.88 Å². The summed E-state index contributed by atoms with van der Waals surface area (Å²) in [4.78, 5) is 11.5. The van der Waals surface area contributed by atoms with Gasteiger partial charge in [-0.1, -0.05) is 13.0 Å². The lowest BCUT2D eigenvalue weighted by molar-refractivity contribution is 0.00990. The normalized spacial score (nSPS) is 15.1. The van der Waals surface area contributed by atoms with Crippen molar-refractivity contribution in [3.63, 3.8) is 0 Å². The standard InChI is InChI=1S/C21H36N4O3.HI/c1-4-14-28-20-18(8-6-11-23-20)17-24-21(22-5-2)25-12-9-19(10-13-25)27-16-7-15-26-3;/h6,8,11,19H,4-5,7,9-10,12-17H2,1-3H3,(H,22,24);1H. The van der Waals surface area contributed by atoms with Gasteiger partial charge in [0.15, 0.2) is 5.96 Å². The summed E-state index contributed by atoms with van der Waals surface area (Å²) in [6, 6.07) is 3.97. The first-order valence-corrected chi connectivity index (χ1v) is 10.5. The topological polar surface area (TPSA) is 68.2 Å². The van der Waals surface area contributed by atoms with Crippen LogP contribution in [0.2, 0.25) is 0 Å². The number of hydrogen-bond acceptors (Lipinski definition) is 5. The molecule has 0 spiro atoms. The van der Waals surface area contributed by atoms with Gasteiger partial charge in [0.05, 0.1) is 19.3 Å². The minimum Gasteiger partial charge on any atom is -0.477 e. The Morgan fingerprint density at radius 1 is 1.24 bits per heavy atom. The minimum atomic E-state index is 0. The highest BCUT2D eigenvalue weighted by atomic mass is 127. The second kappa shape index (κ2) is 15.7. The Morgan fingerprint density at radius 2 is 2.03 bits per heavy atom. The summed E-state index contributed by atoms with van der Waals surface area (Å²) in [5, 5.41) is 3.42. The predicted octanol–water partition coefficient (Wildman–Crippen LogP) is 3.47. The highest BCUT2D eigenvalue weighted by Crippen LogP contribution is 2.17. The number of halogens is 1. The summed E-state index contributed by atoms with van der Waals surface area (Å²) in [7, 11) is 1.73. The van der Waals surface area contributed by atoms with Crippen LogP contribution < -0.4 is 10.1 Å². The Labute approximate surface area is 192 Å². The Balaban J connectivity index is 0.00000420. The molecule has 0 saturated carbocycles. The lowest BCUT2D eigenvalue weighted by atomic mass is 10.1. The highest BCUT2D eigenvalue weighted by Gasteiger charge is 2.22. The molecule has 1 saturated heterocycles. The number of ether oxygens (including phenoxy) is 3. The largest absolute Gasteiger partial charge is 0.477 e. The molecule has 0 bridgehead atoms. The SMILES string of the molecule is CCCOc1ncccc1CN=C(NCC)N1CCC(OCCCOC)CC1.I. The first kappa shape index (κ1) is 25.9. The van der Waals surface area contributed by atoms with E-state index in [9.17, 15) is 0 Å². The molecule has 0 unspecified atom stereocenters. The number of aliphatic imine (C=N–C) groups is 1. The summed E-state index contributed by atoms with van der Waals surface area (Å²) >= 11 is 0.